The molecule has 164 valence electrons. The van der Waals surface area contributed by atoms with Gasteiger partial charge < -0.3 is 8.83 Å². The quantitative estimate of drug-likeness (QED) is 0.259. The molecule has 0 aliphatic heterocycles. The molecular weight excluding hydrogens is 420 g/mol. The lowest BCUT2D eigenvalue weighted by molar-refractivity contribution is 0.619. The van der Waals surface area contributed by atoms with Crippen molar-refractivity contribution < 1.29 is 8.83 Å². The topological polar surface area (TPSA) is 52.1 Å². The summed E-state index contributed by atoms with van der Waals surface area (Å²) in [7, 11) is 0. The van der Waals surface area contributed by atoms with Gasteiger partial charge in [0, 0.05) is 11.1 Å². The fourth-order valence-corrected chi connectivity index (χ4v) is 3.98. The van der Waals surface area contributed by atoms with Crippen LogP contribution in [0.3, 0.4) is 0 Å². The number of aromatic nitrogens is 2. The second kappa shape index (κ2) is 8.16. The van der Waals surface area contributed by atoms with Gasteiger partial charge in [0.25, 0.3) is 0 Å². The Morgan fingerprint density at radius 2 is 0.941 bits per heavy atom. The molecule has 0 atom stereocenters. The second-order valence-electron chi connectivity index (χ2n) is 8.56. The smallest absolute Gasteiger partial charge is 0.227 e. The molecule has 2 aromatic heterocycles. The molecule has 4 nitrogen and oxygen atoms in total. The van der Waals surface area contributed by atoms with Gasteiger partial charge in [-0.25, -0.2) is 9.97 Å². The van der Waals surface area contributed by atoms with E-state index in [0.29, 0.717) is 11.8 Å². The fourth-order valence-electron chi connectivity index (χ4n) is 3.98. The lowest BCUT2D eigenvalue weighted by atomic mass is 10.1. The maximum absolute atomic E-state index is 5.93. The molecule has 0 bridgehead atoms. The minimum atomic E-state index is 0.640. The molecule has 0 aliphatic carbocycles. The Labute approximate surface area is 197 Å². The third kappa shape index (κ3) is 3.90. The Balaban J connectivity index is 1.18. The van der Waals surface area contributed by atoms with Crippen molar-refractivity contribution in [2.75, 3.05) is 0 Å². The molecule has 0 unspecified atom stereocenters. The molecular formula is C30H22N2O2. The van der Waals surface area contributed by atoms with Crippen molar-refractivity contribution in [3.8, 4) is 22.9 Å². The van der Waals surface area contributed by atoms with E-state index < -0.39 is 0 Å². The van der Waals surface area contributed by atoms with E-state index in [4.69, 9.17) is 8.83 Å². The monoisotopic (exact) mass is 442 g/mol. The Morgan fingerprint density at radius 3 is 1.35 bits per heavy atom. The van der Waals surface area contributed by atoms with E-state index in [2.05, 4.69) is 46.4 Å². The lowest BCUT2D eigenvalue weighted by Crippen LogP contribution is -1.79. The predicted molar refractivity (Wildman–Crippen MR) is 137 cm³/mol. The van der Waals surface area contributed by atoms with E-state index in [9.17, 15) is 0 Å². The zero-order valence-electron chi connectivity index (χ0n) is 18.9. The van der Waals surface area contributed by atoms with E-state index in [1.807, 2.05) is 74.5 Å². The highest BCUT2D eigenvalue weighted by atomic mass is 16.4. The summed E-state index contributed by atoms with van der Waals surface area (Å²) in [4.78, 5) is 9.20. The van der Waals surface area contributed by atoms with Gasteiger partial charge in [-0.1, -0.05) is 48.6 Å². The number of nitrogens with zero attached hydrogens (tertiary/aromatic N) is 2. The molecule has 0 amide bonds. The van der Waals surface area contributed by atoms with Crippen LogP contribution in [0.15, 0.2) is 93.8 Å². The molecule has 2 heterocycles. The maximum Gasteiger partial charge on any atom is 0.227 e. The van der Waals surface area contributed by atoms with Crippen molar-refractivity contribution >= 4 is 34.4 Å². The minimum absolute atomic E-state index is 0.640. The molecule has 6 rings (SSSR count). The van der Waals surface area contributed by atoms with Crippen LogP contribution in [0.1, 0.15) is 22.3 Å². The minimum Gasteiger partial charge on any atom is -0.436 e. The van der Waals surface area contributed by atoms with Gasteiger partial charge in [0.2, 0.25) is 11.8 Å². The van der Waals surface area contributed by atoms with Crippen LogP contribution in [0.2, 0.25) is 0 Å². The second-order valence-corrected chi connectivity index (χ2v) is 8.56. The first-order valence-electron chi connectivity index (χ1n) is 11.2. The Bertz CT molecular complexity index is 1530. The van der Waals surface area contributed by atoms with Crippen LogP contribution >= 0.6 is 0 Å². The first kappa shape index (κ1) is 20.2. The molecule has 0 saturated carbocycles. The van der Waals surface area contributed by atoms with Gasteiger partial charge in [-0.15, -0.1) is 0 Å². The zero-order chi connectivity index (χ0) is 23.1. The van der Waals surface area contributed by atoms with E-state index in [0.717, 1.165) is 55.6 Å². The first-order chi connectivity index (χ1) is 16.6. The number of aryl methyl sites for hydroxylation is 2. The van der Waals surface area contributed by atoms with E-state index >= 15 is 0 Å². The number of rotatable bonds is 4. The Morgan fingerprint density at radius 1 is 0.529 bits per heavy atom. The van der Waals surface area contributed by atoms with Gasteiger partial charge >= 0.3 is 0 Å². The summed E-state index contributed by atoms with van der Waals surface area (Å²) < 4.78 is 11.9. The highest BCUT2D eigenvalue weighted by molar-refractivity contribution is 5.79. The molecule has 0 saturated heterocycles. The van der Waals surface area contributed by atoms with Gasteiger partial charge in [-0.2, -0.15) is 0 Å². The summed E-state index contributed by atoms with van der Waals surface area (Å²) in [5.74, 6) is 1.28. The summed E-state index contributed by atoms with van der Waals surface area (Å²) >= 11 is 0. The van der Waals surface area contributed by atoms with Crippen LogP contribution in [-0.2, 0) is 0 Å². The van der Waals surface area contributed by atoms with Gasteiger partial charge in [0.05, 0.1) is 0 Å². The van der Waals surface area contributed by atoms with Crippen LogP contribution in [0, 0.1) is 13.8 Å². The molecule has 0 N–H and O–H groups in total. The summed E-state index contributed by atoms with van der Waals surface area (Å²) in [5.41, 5.74) is 9.84. The predicted octanol–water partition coefficient (Wildman–Crippen LogP) is 8.09. The van der Waals surface area contributed by atoms with Crippen LogP contribution in [0.5, 0.6) is 0 Å². The first-order valence-corrected chi connectivity index (χ1v) is 11.2. The molecule has 0 fully saturated rings. The normalized spacial score (nSPS) is 11.7. The van der Waals surface area contributed by atoms with Gasteiger partial charge in [-0.05, 0) is 84.6 Å². The molecule has 4 heteroatoms. The number of fused-ring (bicyclic) bond motifs is 2. The zero-order valence-corrected chi connectivity index (χ0v) is 18.9. The summed E-state index contributed by atoms with van der Waals surface area (Å²) in [5, 5.41) is 0. The Hall–Kier alpha value is -4.44. The summed E-state index contributed by atoms with van der Waals surface area (Å²) in [6, 6.07) is 28.5. The highest BCUT2D eigenvalue weighted by Crippen LogP contribution is 2.27. The third-order valence-corrected chi connectivity index (χ3v) is 5.87. The van der Waals surface area contributed by atoms with Crippen molar-refractivity contribution in [1.82, 2.24) is 9.97 Å². The van der Waals surface area contributed by atoms with Crippen molar-refractivity contribution in [2.45, 2.75) is 13.8 Å². The third-order valence-electron chi connectivity index (χ3n) is 5.87. The van der Waals surface area contributed by atoms with Crippen molar-refractivity contribution in [3.05, 3.63) is 107 Å². The molecule has 4 aromatic carbocycles. The van der Waals surface area contributed by atoms with E-state index in [1.165, 1.54) is 0 Å². The average molecular weight is 443 g/mol. The number of oxazole rings is 2. The van der Waals surface area contributed by atoms with Crippen LogP contribution < -0.4 is 0 Å². The van der Waals surface area contributed by atoms with Crippen LogP contribution in [-0.4, -0.2) is 9.97 Å². The molecule has 0 radical (unpaired) electrons. The number of hydrogen-bond acceptors (Lipinski definition) is 4. The van der Waals surface area contributed by atoms with Gasteiger partial charge in [0.15, 0.2) is 11.2 Å². The van der Waals surface area contributed by atoms with E-state index in [1.54, 1.807) is 0 Å². The van der Waals surface area contributed by atoms with Crippen LogP contribution in [0.25, 0.3) is 57.3 Å². The molecule has 0 aliphatic rings. The van der Waals surface area contributed by atoms with Gasteiger partial charge in [-0.3, -0.25) is 0 Å². The lowest BCUT2D eigenvalue weighted by Gasteiger charge is -1.99. The largest absolute Gasteiger partial charge is 0.436 e. The standard InChI is InChI=1S/C30H22N2O2/c1-19-3-15-25-27(17-19)33-29(31-25)23-11-7-21(8-12-23)5-6-22-9-13-24(14-10-22)30-32-26-16-4-20(2)18-28(26)34-30/h3-18H,1-2H3. The maximum atomic E-state index is 5.93. The average Bonchev–Trinajstić information content (AvgIpc) is 3.47. The van der Waals surface area contributed by atoms with Crippen LogP contribution in [0.4, 0.5) is 0 Å². The highest BCUT2D eigenvalue weighted by Gasteiger charge is 2.09. The summed E-state index contributed by atoms with van der Waals surface area (Å²) in [6.45, 7) is 4.10. The number of hydrogen-bond donors (Lipinski definition) is 0. The molecule has 6 aromatic rings. The van der Waals surface area contributed by atoms with Gasteiger partial charge in [0.1, 0.15) is 11.0 Å². The number of benzene rings is 4. The Kier molecular flexibility index (Phi) is 4.84. The fraction of sp³-hybridized carbons (Fsp3) is 0.0667. The molecule has 0 spiro atoms. The van der Waals surface area contributed by atoms with Crippen molar-refractivity contribution in [1.29, 1.82) is 0 Å². The molecule has 34 heavy (non-hydrogen) atoms. The SMILES string of the molecule is Cc1ccc2nc(-c3ccc(C=Cc4ccc(-c5nc6ccc(C)cc6o5)cc4)cc3)oc2c1. The van der Waals surface area contributed by atoms with Crippen molar-refractivity contribution in [3.63, 3.8) is 0 Å². The van der Waals surface area contributed by atoms with Crippen molar-refractivity contribution in [2.24, 2.45) is 0 Å². The van der Waals surface area contributed by atoms with E-state index in [-0.39, 0.29) is 0 Å². The summed E-state index contributed by atoms with van der Waals surface area (Å²) in [6.07, 6.45) is 4.19.